The van der Waals surface area contributed by atoms with E-state index in [1.165, 1.54) is 5.57 Å². The minimum absolute atomic E-state index is 0.306. The van der Waals surface area contributed by atoms with Crippen molar-refractivity contribution in [3.63, 3.8) is 0 Å². The van der Waals surface area contributed by atoms with Crippen molar-refractivity contribution in [2.24, 2.45) is 5.92 Å². The van der Waals surface area contributed by atoms with Crippen LogP contribution in [-0.4, -0.2) is 24.8 Å². The first-order valence-corrected chi connectivity index (χ1v) is 4.62. The number of hydrogen-bond acceptors (Lipinski definition) is 2. The Labute approximate surface area is 75.7 Å². The van der Waals surface area contributed by atoms with Gasteiger partial charge in [0.1, 0.15) is 0 Å². The molecule has 0 fully saturated rings. The Morgan fingerprint density at radius 2 is 2.25 bits per heavy atom. The predicted molar refractivity (Wildman–Crippen MR) is 53.2 cm³/mol. The molecule has 72 valence electrons. The molecule has 0 aliphatic heterocycles. The highest BCUT2D eigenvalue weighted by atomic mass is 16.3. The van der Waals surface area contributed by atoms with E-state index in [1.54, 1.807) is 0 Å². The molecular weight excluding hydrogens is 150 g/mol. The fourth-order valence-electron chi connectivity index (χ4n) is 0.969. The van der Waals surface area contributed by atoms with Gasteiger partial charge in [-0.3, -0.25) is 0 Å². The number of nitrogens with one attached hydrogen (secondary N) is 1. The molecule has 12 heavy (non-hydrogen) atoms. The lowest BCUT2D eigenvalue weighted by Gasteiger charge is -2.07. The molecule has 0 aromatic rings. The van der Waals surface area contributed by atoms with Gasteiger partial charge >= 0.3 is 0 Å². The maximum Gasteiger partial charge on any atom is 0.0456 e. The van der Waals surface area contributed by atoms with Crippen LogP contribution in [0.25, 0.3) is 0 Å². The summed E-state index contributed by atoms with van der Waals surface area (Å²) in [6.45, 7) is 10.1. The van der Waals surface area contributed by atoms with Gasteiger partial charge in [-0.25, -0.2) is 0 Å². The highest BCUT2D eigenvalue weighted by molar-refractivity contribution is 4.90. The maximum atomic E-state index is 8.75. The van der Waals surface area contributed by atoms with E-state index in [0.717, 1.165) is 25.9 Å². The second-order valence-corrected chi connectivity index (χ2v) is 3.56. The molecule has 0 saturated carbocycles. The van der Waals surface area contributed by atoms with Gasteiger partial charge in [-0.15, -0.1) is 0 Å². The predicted octanol–water partition coefficient (Wildman–Crippen LogP) is 1.56. The highest BCUT2D eigenvalue weighted by Gasteiger charge is 1.98. The molecule has 2 heteroatoms. The molecule has 0 aliphatic rings. The lowest BCUT2D eigenvalue weighted by Crippen LogP contribution is -2.18. The minimum Gasteiger partial charge on any atom is -0.396 e. The third-order valence-electron chi connectivity index (χ3n) is 1.79. The van der Waals surface area contributed by atoms with E-state index >= 15 is 0 Å². The maximum absolute atomic E-state index is 8.75. The number of aliphatic hydroxyl groups is 1. The molecule has 0 saturated heterocycles. The number of hydrogen-bond donors (Lipinski definition) is 2. The van der Waals surface area contributed by atoms with E-state index in [-0.39, 0.29) is 0 Å². The molecule has 1 unspecified atom stereocenters. The Balaban J connectivity index is 3.05. The zero-order valence-corrected chi connectivity index (χ0v) is 8.27. The van der Waals surface area contributed by atoms with Crippen LogP contribution in [0.4, 0.5) is 0 Å². The molecule has 0 aromatic carbocycles. The van der Waals surface area contributed by atoms with Crippen LogP contribution in [0, 0.1) is 5.92 Å². The van der Waals surface area contributed by atoms with Crippen molar-refractivity contribution in [1.29, 1.82) is 0 Å². The van der Waals surface area contributed by atoms with E-state index in [2.05, 4.69) is 18.8 Å². The summed E-state index contributed by atoms with van der Waals surface area (Å²) in [6, 6.07) is 0. The summed E-state index contributed by atoms with van der Waals surface area (Å²) < 4.78 is 0. The standard InChI is InChI=1S/C10H21NO/c1-9(2)7-11-6-4-5-10(3)8-12/h10-12H,1,4-8H2,2-3H3. The van der Waals surface area contributed by atoms with Gasteiger partial charge in [0.05, 0.1) is 0 Å². The lowest BCUT2D eigenvalue weighted by atomic mass is 10.1. The molecule has 0 amide bonds. The summed E-state index contributed by atoms with van der Waals surface area (Å²) in [5.74, 6) is 0.441. The summed E-state index contributed by atoms with van der Waals surface area (Å²) >= 11 is 0. The van der Waals surface area contributed by atoms with Crippen LogP contribution in [-0.2, 0) is 0 Å². The first-order valence-electron chi connectivity index (χ1n) is 4.62. The van der Waals surface area contributed by atoms with Crippen molar-refractivity contribution in [1.82, 2.24) is 5.32 Å². The second kappa shape index (κ2) is 7.32. The zero-order chi connectivity index (χ0) is 9.40. The van der Waals surface area contributed by atoms with E-state index in [1.807, 2.05) is 6.92 Å². The summed E-state index contributed by atoms with van der Waals surface area (Å²) in [5.41, 5.74) is 1.17. The van der Waals surface area contributed by atoms with Gasteiger partial charge in [0.2, 0.25) is 0 Å². The molecular formula is C10H21NO. The molecule has 0 aromatic heterocycles. The summed E-state index contributed by atoms with van der Waals surface area (Å²) in [7, 11) is 0. The zero-order valence-electron chi connectivity index (χ0n) is 8.27. The first-order chi connectivity index (χ1) is 5.66. The fourth-order valence-corrected chi connectivity index (χ4v) is 0.969. The van der Waals surface area contributed by atoms with E-state index in [9.17, 15) is 0 Å². The average molecular weight is 171 g/mol. The van der Waals surface area contributed by atoms with E-state index in [0.29, 0.717) is 12.5 Å². The average Bonchev–Trinajstić information content (AvgIpc) is 2.03. The van der Waals surface area contributed by atoms with Crippen LogP contribution in [0.3, 0.4) is 0 Å². The van der Waals surface area contributed by atoms with Gasteiger partial charge in [0, 0.05) is 13.2 Å². The van der Waals surface area contributed by atoms with Crippen LogP contribution in [0.15, 0.2) is 12.2 Å². The largest absolute Gasteiger partial charge is 0.396 e. The van der Waals surface area contributed by atoms with Crippen LogP contribution in [0.5, 0.6) is 0 Å². The van der Waals surface area contributed by atoms with Crippen molar-refractivity contribution in [3.8, 4) is 0 Å². The molecule has 0 aliphatic carbocycles. The van der Waals surface area contributed by atoms with Crippen LogP contribution < -0.4 is 5.32 Å². The third-order valence-corrected chi connectivity index (χ3v) is 1.79. The Morgan fingerprint density at radius 3 is 2.75 bits per heavy atom. The SMILES string of the molecule is C=C(C)CNCCCC(C)CO. The van der Waals surface area contributed by atoms with Crippen molar-refractivity contribution in [3.05, 3.63) is 12.2 Å². The van der Waals surface area contributed by atoms with Crippen molar-refractivity contribution in [2.75, 3.05) is 19.7 Å². The Kier molecular flexibility index (Phi) is 7.11. The normalized spacial score (nSPS) is 12.9. The number of rotatable bonds is 7. The smallest absolute Gasteiger partial charge is 0.0456 e. The van der Waals surface area contributed by atoms with Gasteiger partial charge < -0.3 is 10.4 Å². The molecule has 0 bridgehead atoms. The second-order valence-electron chi connectivity index (χ2n) is 3.56. The molecule has 0 spiro atoms. The molecule has 2 N–H and O–H groups in total. The Bertz CT molecular complexity index is 123. The Hall–Kier alpha value is -0.340. The Morgan fingerprint density at radius 1 is 1.58 bits per heavy atom. The van der Waals surface area contributed by atoms with Crippen molar-refractivity contribution >= 4 is 0 Å². The van der Waals surface area contributed by atoms with E-state index in [4.69, 9.17) is 5.11 Å². The fraction of sp³-hybridized carbons (Fsp3) is 0.800. The molecule has 1 atom stereocenters. The quantitative estimate of drug-likeness (QED) is 0.450. The molecule has 2 nitrogen and oxygen atoms in total. The topological polar surface area (TPSA) is 32.3 Å². The van der Waals surface area contributed by atoms with Crippen LogP contribution in [0.2, 0.25) is 0 Å². The molecule has 0 rings (SSSR count). The van der Waals surface area contributed by atoms with Crippen LogP contribution in [0.1, 0.15) is 26.7 Å². The van der Waals surface area contributed by atoms with Crippen LogP contribution >= 0.6 is 0 Å². The minimum atomic E-state index is 0.306. The van der Waals surface area contributed by atoms with Crippen molar-refractivity contribution < 1.29 is 5.11 Å². The molecule has 0 radical (unpaired) electrons. The van der Waals surface area contributed by atoms with Gasteiger partial charge in [0.25, 0.3) is 0 Å². The first kappa shape index (κ1) is 11.7. The summed E-state index contributed by atoms with van der Waals surface area (Å²) in [4.78, 5) is 0. The third kappa shape index (κ3) is 7.76. The molecule has 0 heterocycles. The van der Waals surface area contributed by atoms with Gasteiger partial charge in [-0.1, -0.05) is 19.1 Å². The van der Waals surface area contributed by atoms with E-state index < -0.39 is 0 Å². The van der Waals surface area contributed by atoms with Gasteiger partial charge in [-0.05, 0) is 32.2 Å². The van der Waals surface area contributed by atoms with Gasteiger partial charge in [-0.2, -0.15) is 0 Å². The van der Waals surface area contributed by atoms with Crippen molar-refractivity contribution in [2.45, 2.75) is 26.7 Å². The monoisotopic (exact) mass is 171 g/mol. The summed E-state index contributed by atoms with van der Waals surface area (Å²) in [6.07, 6.45) is 2.23. The summed E-state index contributed by atoms with van der Waals surface area (Å²) in [5, 5.41) is 12.0. The number of aliphatic hydroxyl groups excluding tert-OH is 1. The lowest BCUT2D eigenvalue weighted by molar-refractivity contribution is 0.228. The highest BCUT2D eigenvalue weighted by Crippen LogP contribution is 2.02. The van der Waals surface area contributed by atoms with Gasteiger partial charge in [0.15, 0.2) is 0 Å².